The maximum absolute atomic E-state index is 11.5. The van der Waals surface area contributed by atoms with Gasteiger partial charge in [0.1, 0.15) is 13.7 Å². The topological polar surface area (TPSA) is 52.6 Å². The molecule has 0 bridgehead atoms. The molecule has 0 amide bonds. The molecule has 0 fully saturated rings. The summed E-state index contributed by atoms with van der Waals surface area (Å²) in [6.07, 6.45) is 2.01. The van der Waals surface area contributed by atoms with Gasteiger partial charge in [-0.25, -0.2) is 9.59 Å². The van der Waals surface area contributed by atoms with E-state index < -0.39 is 11.9 Å². The summed E-state index contributed by atoms with van der Waals surface area (Å²) >= 11 is 6.40. The van der Waals surface area contributed by atoms with Crippen LogP contribution in [0.4, 0.5) is 0 Å². The smallest absolute Gasteiger partial charge is 0.350 e. The summed E-state index contributed by atoms with van der Waals surface area (Å²) in [6, 6.07) is 0. The van der Waals surface area contributed by atoms with Gasteiger partial charge < -0.3 is 9.47 Å². The standard InChI is InChI=1S/C9H8O4S3/c1-3-12-7(10)5-6(8(11)13-4-2)16-9(14)15-5/h3-4,9,14H,1-2H2. The van der Waals surface area contributed by atoms with E-state index in [1.54, 1.807) is 0 Å². The van der Waals surface area contributed by atoms with Crippen LogP contribution in [0, 0.1) is 0 Å². The van der Waals surface area contributed by atoms with E-state index in [4.69, 9.17) is 0 Å². The van der Waals surface area contributed by atoms with Gasteiger partial charge in [-0.05, 0) is 0 Å². The Kier molecular flexibility index (Phi) is 5.04. The van der Waals surface area contributed by atoms with Crippen molar-refractivity contribution in [2.75, 3.05) is 0 Å². The average molecular weight is 276 g/mol. The van der Waals surface area contributed by atoms with Crippen LogP contribution in [0.25, 0.3) is 0 Å². The van der Waals surface area contributed by atoms with Gasteiger partial charge in [-0.3, -0.25) is 0 Å². The van der Waals surface area contributed by atoms with Crippen LogP contribution in [0.2, 0.25) is 0 Å². The van der Waals surface area contributed by atoms with Crippen LogP contribution >= 0.6 is 36.2 Å². The molecule has 0 N–H and O–H groups in total. The first kappa shape index (κ1) is 13.3. The fourth-order valence-corrected chi connectivity index (χ4v) is 3.64. The molecule has 0 radical (unpaired) electrons. The lowest BCUT2D eigenvalue weighted by Gasteiger charge is -2.01. The van der Waals surface area contributed by atoms with Crippen molar-refractivity contribution in [3.05, 3.63) is 35.5 Å². The zero-order chi connectivity index (χ0) is 12.1. The number of carbonyl (C=O) groups excluding carboxylic acids is 2. The van der Waals surface area contributed by atoms with Crippen molar-refractivity contribution in [2.45, 2.75) is 3.91 Å². The number of esters is 2. The first-order valence-electron chi connectivity index (χ1n) is 3.99. The Morgan fingerprint density at radius 3 is 1.81 bits per heavy atom. The Balaban J connectivity index is 2.93. The summed E-state index contributed by atoms with van der Waals surface area (Å²) in [5.41, 5.74) is 0. The largest absolute Gasteiger partial charge is 0.431 e. The van der Waals surface area contributed by atoms with E-state index in [1.807, 2.05) is 0 Å². The molecule has 1 rings (SSSR count). The molecule has 1 aliphatic heterocycles. The predicted molar refractivity (Wildman–Crippen MR) is 67.6 cm³/mol. The zero-order valence-corrected chi connectivity index (χ0v) is 10.6. The minimum atomic E-state index is -0.639. The third-order valence-corrected chi connectivity index (χ3v) is 4.35. The number of ether oxygens (including phenoxy) is 2. The third kappa shape index (κ3) is 3.10. The van der Waals surface area contributed by atoms with Crippen molar-refractivity contribution in [3.63, 3.8) is 0 Å². The van der Waals surface area contributed by atoms with Crippen LogP contribution in [-0.2, 0) is 19.1 Å². The molecule has 1 heterocycles. The molecule has 7 heteroatoms. The summed E-state index contributed by atoms with van der Waals surface area (Å²) in [4.78, 5) is 23.3. The Labute approximate surface area is 107 Å². The molecular weight excluding hydrogens is 268 g/mol. The fourth-order valence-electron chi connectivity index (χ4n) is 0.873. The van der Waals surface area contributed by atoms with Gasteiger partial charge in [-0.1, -0.05) is 36.7 Å². The van der Waals surface area contributed by atoms with E-state index in [9.17, 15) is 9.59 Å². The van der Waals surface area contributed by atoms with Crippen LogP contribution in [0.1, 0.15) is 0 Å². The van der Waals surface area contributed by atoms with E-state index in [1.165, 1.54) is 0 Å². The molecule has 0 atom stereocenters. The highest BCUT2D eigenvalue weighted by molar-refractivity contribution is 8.33. The van der Waals surface area contributed by atoms with Crippen LogP contribution in [0.15, 0.2) is 35.5 Å². The monoisotopic (exact) mass is 276 g/mol. The van der Waals surface area contributed by atoms with E-state index in [0.717, 1.165) is 36.0 Å². The maximum Gasteiger partial charge on any atom is 0.350 e. The minimum Gasteiger partial charge on any atom is -0.431 e. The van der Waals surface area contributed by atoms with Crippen molar-refractivity contribution in [1.29, 1.82) is 0 Å². The van der Waals surface area contributed by atoms with Gasteiger partial charge in [0.2, 0.25) is 0 Å². The van der Waals surface area contributed by atoms with Crippen molar-refractivity contribution in [1.82, 2.24) is 0 Å². The fraction of sp³-hybridized carbons (Fsp3) is 0.111. The van der Waals surface area contributed by atoms with E-state index in [0.29, 0.717) is 0 Å². The lowest BCUT2D eigenvalue weighted by atomic mass is 10.5. The van der Waals surface area contributed by atoms with Crippen LogP contribution in [0.3, 0.4) is 0 Å². The molecule has 0 saturated heterocycles. The van der Waals surface area contributed by atoms with E-state index >= 15 is 0 Å². The van der Waals surface area contributed by atoms with Gasteiger partial charge in [-0.2, -0.15) is 12.6 Å². The molecule has 0 unspecified atom stereocenters. The highest BCUT2D eigenvalue weighted by Crippen LogP contribution is 2.48. The van der Waals surface area contributed by atoms with Gasteiger partial charge in [0, 0.05) is 0 Å². The number of carbonyl (C=O) groups is 2. The molecular formula is C9H8O4S3. The SMILES string of the molecule is C=COC(=O)C1=C(C(=O)OC=C)SC(S)S1. The number of thioether (sulfide) groups is 2. The van der Waals surface area contributed by atoms with Crippen molar-refractivity contribution in [2.24, 2.45) is 0 Å². The van der Waals surface area contributed by atoms with Gasteiger partial charge >= 0.3 is 11.9 Å². The second-order valence-electron chi connectivity index (χ2n) is 2.34. The summed E-state index contributed by atoms with van der Waals surface area (Å²) < 4.78 is 8.96. The number of hydrogen-bond acceptors (Lipinski definition) is 7. The molecule has 0 saturated carbocycles. The molecule has 16 heavy (non-hydrogen) atoms. The molecule has 86 valence electrons. The quantitative estimate of drug-likeness (QED) is 0.483. The normalized spacial score (nSPS) is 15.8. The first-order valence-corrected chi connectivity index (χ1v) is 6.27. The van der Waals surface area contributed by atoms with E-state index in [-0.39, 0.29) is 13.7 Å². The Morgan fingerprint density at radius 2 is 1.50 bits per heavy atom. The molecule has 0 aromatic carbocycles. The molecule has 0 aromatic rings. The lowest BCUT2D eigenvalue weighted by Crippen LogP contribution is -2.07. The molecule has 1 aliphatic rings. The number of rotatable bonds is 4. The molecule has 4 nitrogen and oxygen atoms in total. The highest BCUT2D eigenvalue weighted by atomic mass is 32.3. The average Bonchev–Trinajstić information content (AvgIpc) is 2.61. The molecule has 0 aliphatic carbocycles. The van der Waals surface area contributed by atoms with Gasteiger partial charge in [0.15, 0.2) is 0 Å². The molecule has 0 spiro atoms. The number of hydrogen-bond donors (Lipinski definition) is 1. The predicted octanol–water partition coefficient (Wildman–Crippen LogP) is 2.26. The Hall–Kier alpha value is -0.790. The summed E-state index contributed by atoms with van der Waals surface area (Å²) in [5, 5.41) is 0. The van der Waals surface area contributed by atoms with E-state index in [2.05, 4.69) is 35.3 Å². The Morgan fingerprint density at radius 1 is 1.12 bits per heavy atom. The highest BCUT2D eigenvalue weighted by Gasteiger charge is 2.33. The number of thiol groups is 1. The van der Waals surface area contributed by atoms with Crippen molar-refractivity contribution < 1.29 is 19.1 Å². The van der Waals surface area contributed by atoms with Gasteiger partial charge in [0.05, 0.1) is 12.5 Å². The van der Waals surface area contributed by atoms with Crippen molar-refractivity contribution in [3.8, 4) is 0 Å². The summed E-state index contributed by atoms with van der Waals surface area (Å²) in [6.45, 7) is 6.53. The van der Waals surface area contributed by atoms with Gasteiger partial charge in [0.25, 0.3) is 0 Å². The lowest BCUT2D eigenvalue weighted by molar-refractivity contribution is -0.135. The third-order valence-electron chi connectivity index (χ3n) is 1.40. The van der Waals surface area contributed by atoms with Gasteiger partial charge in [-0.15, -0.1) is 0 Å². The van der Waals surface area contributed by atoms with Crippen molar-refractivity contribution >= 4 is 48.1 Å². The minimum absolute atomic E-state index is 0.178. The zero-order valence-electron chi connectivity index (χ0n) is 8.04. The van der Waals surface area contributed by atoms with Crippen LogP contribution < -0.4 is 0 Å². The second kappa shape index (κ2) is 6.07. The molecule has 0 aromatic heterocycles. The van der Waals surface area contributed by atoms with Crippen LogP contribution in [0.5, 0.6) is 0 Å². The second-order valence-corrected chi connectivity index (χ2v) is 6.09. The maximum atomic E-state index is 11.5. The summed E-state index contributed by atoms with van der Waals surface area (Å²) in [7, 11) is 0. The van der Waals surface area contributed by atoms with Crippen LogP contribution in [-0.4, -0.2) is 15.9 Å². The summed E-state index contributed by atoms with van der Waals surface area (Å²) in [5.74, 6) is -1.28. The first-order chi connectivity index (χ1) is 7.60. The Bertz CT molecular complexity index is 341.